The van der Waals surface area contributed by atoms with Crippen molar-refractivity contribution < 1.29 is 9.53 Å². The van der Waals surface area contributed by atoms with Crippen LogP contribution in [0.1, 0.15) is 31.2 Å². The predicted octanol–water partition coefficient (Wildman–Crippen LogP) is 4.67. The summed E-state index contributed by atoms with van der Waals surface area (Å²) >= 11 is 0. The lowest BCUT2D eigenvalue weighted by Gasteiger charge is -2.16. The summed E-state index contributed by atoms with van der Waals surface area (Å²) in [6, 6.07) is 15.5. The Morgan fingerprint density at radius 2 is 1.88 bits per heavy atom. The second kappa shape index (κ2) is 8.88. The first-order chi connectivity index (χ1) is 11.6. The zero-order valence-corrected chi connectivity index (χ0v) is 15.2. The molecule has 25 heavy (non-hydrogen) atoms. The van der Waals surface area contributed by atoms with Crippen molar-refractivity contribution in [3.8, 4) is 11.5 Å². The molecule has 4 nitrogen and oxygen atoms in total. The van der Waals surface area contributed by atoms with E-state index in [0.717, 1.165) is 25.0 Å². The van der Waals surface area contributed by atoms with E-state index in [1.807, 2.05) is 55.5 Å². The molecule has 0 heterocycles. The molecule has 1 fully saturated rings. The van der Waals surface area contributed by atoms with Crippen LogP contribution in [-0.2, 0) is 4.79 Å². The monoisotopic (exact) mass is 360 g/mol. The quantitative estimate of drug-likeness (QED) is 0.814. The molecule has 5 heteroatoms. The molecule has 134 valence electrons. The summed E-state index contributed by atoms with van der Waals surface area (Å²) in [5, 5.41) is 2.97. The van der Waals surface area contributed by atoms with E-state index in [1.165, 1.54) is 5.56 Å². The van der Waals surface area contributed by atoms with E-state index in [-0.39, 0.29) is 30.3 Å². The average Bonchev–Trinajstić information content (AvgIpc) is 2.96. The summed E-state index contributed by atoms with van der Waals surface area (Å²) in [5.41, 5.74) is 7.93. The van der Waals surface area contributed by atoms with Crippen molar-refractivity contribution >= 4 is 24.0 Å². The van der Waals surface area contributed by atoms with Crippen molar-refractivity contribution in [2.45, 2.75) is 38.6 Å². The first kappa shape index (κ1) is 19.3. The van der Waals surface area contributed by atoms with Gasteiger partial charge in [0.05, 0.1) is 5.69 Å². The molecule has 0 bridgehead atoms. The largest absolute Gasteiger partial charge is 0.455 e. The number of nitrogens with two attached hydrogens (primary N) is 1. The van der Waals surface area contributed by atoms with Gasteiger partial charge in [0.15, 0.2) is 5.75 Å². The van der Waals surface area contributed by atoms with Gasteiger partial charge in [-0.05, 0) is 49.9 Å². The number of halogens is 1. The zero-order valence-electron chi connectivity index (χ0n) is 14.4. The lowest BCUT2D eigenvalue weighted by Crippen LogP contribution is -2.28. The number of aryl methyl sites for hydroxylation is 1. The second-order valence-electron chi connectivity index (χ2n) is 6.52. The van der Waals surface area contributed by atoms with E-state index in [2.05, 4.69) is 5.32 Å². The van der Waals surface area contributed by atoms with Crippen molar-refractivity contribution in [1.29, 1.82) is 0 Å². The lowest BCUT2D eigenvalue weighted by molar-refractivity contribution is -0.117. The summed E-state index contributed by atoms with van der Waals surface area (Å²) in [4.78, 5) is 12.3. The highest BCUT2D eigenvalue weighted by molar-refractivity contribution is 5.92. The highest BCUT2D eigenvalue weighted by Gasteiger charge is 2.26. The first-order valence-corrected chi connectivity index (χ1v) is 8.51. The van der Waals surface area contributed by atoms with Crippen molar-refractivity contribution in [1.82, 2.24) is 0 Å². The normalized spacial score (nSPS) is 19.1. The maximum absolute atomic E-state index is 12.3. The zero-order chi connectivity index (χ0) is 16.9. The Morgan fingerprint density at radius 1 is 1.16 bits per heavy atom. The molecule has 0 aliphatic heterocycles. The summed E-state index contributed by atoms with van der Waals surface area (Å²) in [6.07, 6.45) is 3.65. The summed E-state index contributed by atoms with van der Waals surface area (Å²) in [5.74, 6) is 1.68. The third kappa shape index (κ3) is 5.21. The highest BCUT2D eigenvalue weighted by Crippen LogP contribution is 2.31. The van der Waals surface area contributed by atoms with Crippen molar-refractivity contribution in [2.24, 2.45) is 11.7 Å². The minimum Gasteiger partial charge on any atom is -0.455 e. The predicted molar refractivity (Wildman–Crippen MR) is 104 cm³/mol. The van der Waals surface area contributed by atoms with E-state index in [0.29, 0.717) is 17.9 Å². The van der Waals surface area contributed by atoms with Crippen LogP contribution >= 0.6 is 12.4 Å². The Balaban J connectivity index is 0.00000225. The SMILES string of the molecule is Cc1ccc(Oc2ccccc2NC(=O)C[C@@H]2CCC[C@H]2N)cc1.Cl. The topological polar surface area (TPSA) is 64.3 Å². The van der Waals surface area contributed by atoms with E-state index >= 15 is 0 Å². The van der Waals surface area contributed by atoms with Gasteiger partial charge in [-0.2, -0.15) is 0 Å². The van der Waals surface area contributed by atoms with E-state index in [4.69, 9.17) is 10.5 Å². The Hall–Kier alpha value is -2.04. The van der Waals surface area contributed by atoms with Gasteiger partial charge in [-0.15, -0.1) is 12.4 Å². The molecule has 3 N–H and O–H groups in total. The number of ether oxygens (including phenoxy) is 1. The molecular formula is C20H25ClN2O2. The molecule has 0 radical (unpaired) electrons. The molecule has 0 aromatic heterocycles. The van der Waals surface area contributed by atoms with Crippen molar-refractivity contribution in [3.05, 3.63) is 54.1 Å². The average molecular weight is 361 g/mol. The Kier molecular flexibility index (Phi) is 6.85. The maximum Gasteiger partial charge on any atom is 0.224 e. The molecule has 1 aliphatic carbocycles. The summed E-state index contributed by atoms with van der Waals surface area (Å²) < 4.78 is 5.92. The van der Waals surface area contributed by atoms with Crippen LogP contribution in [0, 0.1) is 12.8 Å². The fourth-order valence-electron chi connectivity index (χ4n) is 3.15. The Bertz CT molecular complexity index is 703. The van der Waals surface area contributed by atoms with Crippen LogP contribution in [0.4, 0.5) is 5.69 Å². The molecule has 1 amide bonds. The minimum atomic E-state index is -0.00249. The maximum atomic E-state index is 12.3. The second-order valence-corrected chi connectivity index (χ2v) is 6.52. The van der Waals surface area contributed by atoms with E-state index < -0.39 is 0 Å². The fraction of sp³-hybridized carbons (Fsp3) is 0.350. The number of amides is 1. The molecule has 1 aliphatic rings. The number of hydrogen-bond donors (Lipinski definition) is 2. The number of anilines is 1. The van der Waals surface area contributed by atoms with Gasteiger partial charge in [0.2, 0.25) is 5.91 Å². The van der Waals surface area contributed by atoms with Gasteiger partial charge in [-0.3, -0.25) is 4.79 Å². The number of rotatable bonds is 5. The standard InChI is InChI=1S/C20H24N2O2.ClH/c1-14-9-11-16(12-10-14)24-19-8-3-2-7-18(19)22-20(23)13-15-5-4-6-17(15)21;/h2-3,7-12,15,17H,4-6,13,21H2,1H3,(H,22,23);1H/t15-,17+;/m0./s1. The molecule has 0 spiro atoms. The van der Waals surface area contributed by atoms with Gasteiger partial charge >= 0.3 is 0 Å². The third-order valence-corrected chi connectivity index (χ3v) is 4.58. The summed E-state index contributed by atoms with van der Waals surface area (Å²) in [6.45, 7) is 2.03. The molecule has 2 atom stereocenters. The Labute approximate surface area is 155 Å². The van der Waals surface area contributed by atoms with Gasteiger partial charge < -0.3 is 15.8 Å². The lowest BCUT2D eigenvalue weighted by atomic mass is 10.00. The Morgan fingerprint density at radius 3 is 2.56 bits per heavy atom. The van der Waals surface area contributed by atoms with Crippen LogP contribution in [0.5, 0.6) is 11.5 Å². The smallest absolute Gasteiger partial charge is 0.224 e. The van der Waals surface area contributed by atoms with E-state index in [9.17, 15) is 4.79 Å². The number of hydrogen-bond acceptors (Lipinski definition) is 3. The van der Waals surface area contributed by atoms with Crippen molar-refractivity contribution in [3.63, 3.8) is 0 Å². The van der Waals surface area contributed by atoms with Gasteiger partial charge in [-0.1, -0.05) is 36.2 Å². The highest BCUT2D eigenvalue weighted by atomic mass is 35.5. The molecule has 1 saturated carbocycles. The van der Waals surface area contributed by atoms with Crippen molar-refractivity contribution in [2.75, 3.05) is 5.32 Å². The number of carbonyl (C=O) groups is 1. The van der Waals surface area contributed by atoms with Gasteiger partial charge in [0.25, 0.3) is 0 Å². The van der Waals surface area contributed by atoms with E-state index in [1.54, 1.807) is 0 Å². The number of benzene rings is 2. The molecule has 2 aromatic rings. The molecule has 2 aromatic carbocycles. The molecule has 0 saturated heterocycles. The fourth-order valence-corrected chi connectivity index (χ4v) is 3.15. The van der Waals surface area contributed by atoms with Crippen LogP contribution in [0.3, 0.4) is 0 Å². The van der Waals surface area contributed by atoms with Gasteiger partial charge in [-0.25, -0.2) is 0 Å². The third-order valence-electron chi connectivity index (χ3n) is 4.58. The van der Waals surface area contributed by atoms with Crippen LogP contribution in [0.2, 0.25) is 0 Å². The van der Waals surface area contributed by atoms with Crippen LogP contribution < -0.4 is 15.8 Å². The van der Waals surface area contributed by atoms with Crippen LogP contribution in [0.15, 0.2) is 48.5 Å². The summed E-state index contributed by atoms with van der Waals surface area (Å²) in [7, 11) is 0. The van der Waals surface area contributed by atoms with Crippen LogP contribution in [-0.4, -0.2) is 11.9 Å². The van der Waals surface area contributed by atoms with Gasteiger partial charge in [0, 0.05) is 12.5 Å². The number of para-hydroxylation sites is 2. The molecule has 3 rings (SSSR count). The molecular weight excluding hydrogens is 336 g/mol. The van der Waals surface area contributed by atoms with Gasteiger partial charge in [0.1, 0.15) is 5.75 Å². The number of carbonyl (C=O) groups excluding carboxylic acids is 1. The number of nitrogens with one attached hydrogen (secondary N) is 1. The molecule has 0 unspecified atom stereocenters. The first-order valence-electron chi connectivity index (χ1n) is 8.51. The minimum absolute atomic E-state index is 0. The van der Waals surface area contributed by atoms with Crippen LogP contribution in [0.25, 0.3) is 0 Å².